The molecule has 0 aliphatic carbocycles. The highest BCUT2D eigenvalue weighted by Crippen LogP contribution is 2.33. The number of hydrogen-bond acceptors (Lipinski definition) is 18. The lowest BCUT2D eigenvalue weighted by molar-refractivity contribution is -0.379. The molecular weight excluding hydrogens is 1310 g/mol. The van der Waals surface area contributed by atoms with Gasteiger partial charge < -0.3 is 89.9 Å². The number of aliphatic hydroxyl groups excluding tert-OH is 11. The molecule has 3 aliphatic heterocycles. The molecule has 0 bridgehead atoms. The highest BCUT2D eigenvalue weighted by Gasteiger charge is 2.54. The van der Waals surface area contributed by atoms with Crippen LogP contribution in [0.4, 0.5) is 0 Å². The number of rotatable bonds is 69. The van der Waals surface area contributed by atoms with E-state index in [0.29, 0.717) is 6.42 Å². The Morgan fingerprint density at radius 2 is 0.641 bits per heavy atom. The Bertz CT molecular complexity index is 2000. The lowest BCUT2D eigenvalue weighted by Gasteiger charge is -2.48. The van der Waals surface area contributed by atoms with Crippen LogP contribution in [0.25, 0.3) is 0 Å². The van der Waals surface area contributed by atoms with Crippen molar-refractivity contribution in [2.45, 2.75) is 465 Å². The Labute approximate surface area is 625 Å². The van der Waals surface area contributed by atoms with Crippen LogP contribution in [0.5, 0.6) is 0 Å². The van der Waals surface area contributed by atoms with E-state index in [9.17, 15) is 61.0 Å². The maximum atomic E-state index is 13.5. The summed E-state index contributed by atoms with van der Waals surface area (Å²) in [6.07, 6.45) is 54.2. The molecule has 3 saturated heterocycles. The summed E-state index contributed by atoms with van der Waals surface area (Å²) < 4.78 is 34.5. The van der Waals surface area contributed by atoms with E-state index in [1.54, 1.807) is 6.08 Å². The van der Waals surface area contributed by atoms with Gasteiger partial charge in [-0.1, -0.05) is 339 Å². The standard InChI is InChI=1S/C84H157NO18/c1-3-5-7-9-11-13-15-17-19-21-23-25-27-29-31-32-33-34-36-38-40-42-44-46-48-50-52-54-56-58-60-62-72(90)85-67(68(89)61-59-57-55-53-51-49-47-45-43-41-39-37-35-30-28-26-24-22-20-18-16-14-12-10-8-6-4-2)66-98-82-78(96)75(93)80(70(64-87)100-82)103-84-79(97)76(94)81(71(65-88)101-84)102-83-77(95)74(92)73(91)69(63-86)99-83/h15,17,21,23,59,61,67-71,73-84,86-89,91-97H,3-14,16,18-20,22,24-58,60,62-66H2,1-2H3,(H,85,90)/b17-15-,23-21-,61-59+. The molecule has 606 valence electrons. The van der Waals surface area contributed by atoms with Gasteiger partial charge in [-0.2, -0.15) is 0 Å². The van der Waals surface area contributed by atoms with Crippen molar-refractivity contribution >= 4 is 5.91 Å². The van der Waals surface area contributed by atoms with Crippen LogP contribution < -0.4 is 5.32 Å². The number of ether oxygens (including phenoxy) is 6. The minimum atomic E-state index is -1.98. The molecule has 17 unspecified atom stereocenters. The molecule has 103 heavy (non-hydrogen) atoms. The number of aliphatic hydroxyl groups is 11. The Morgan fingerprint density at radius 3 is 0.990 bits per heavy atom. The van der Waals surface area contributed by atoms with Gasteiger partial charge >= 0.3 is 0 Å². The van der Waals surface area contributed by atoms with Gasteiger partial charge in [-0.05, 0) is 51.4 Å². The van der Waals surface area contributed by atoms with Crippen LogP contribution in [-0.4, -0.2) is 193 Å². The summed E-state index contributed by atoms with van der Waals surface area (Å²) in [6, 6.07) is -0.974. The molecule has 3 fully saturated rings. The third-order valence-corrected chi connectivity index (χ3v) is 21.4. The van der Waals surface area contributed by atoms with E-state index in [1.807, 2.05) is 6.08 Å². The first kappa shape index (κ1) is 95.2. The Balaban J connectivity index is 1.35. The van der Waals surface area contributed by atoms with E-state index in [1.165, 1.54) is 283 Å². The first-order valence-corrected chi connectivity index (χ1v) is 42.7. The summed E-state index contributed by atoms with van der Waals surface area (Å²) in [5.74, 6) is -0.268. The molecule has 0 spiro atoms. The number of amides is 1. The van der Waals surface area contributed by atoms with Gasteiger partial charge in [0, 0.05) is 6.42 Å². The van der Waals surface area contributed by atoms with E-state index in [0.717, 1.165) is 51.4 Å². The molecular formula is C84H157NO18. The van der Waals surface area contributed by atoms with Crippen LogP contribution in [0.2, 0.25) is 0 Å². The van der Waals surface area contributed by atoms with Gasteiger partial charge in [-0.25, -0.2) is 0 Å². The molecule has 3 aliphatic rings. The van der Waals surface area contributed by atoms with Gasteiger partial charge in [0.25, 0.3) is 0 Å². The first-order valence-electron chi connectivity index (χ1n) is 42.7. The van der Waals surface area contributed by atoms with E-state index >= 15 is 0 Å². The summed E-state index contributed by atoms with van der Waals surface area (Å²) in [5, 5.41) is 121. The molecule has 0 aromatic carbocycles. The Morgan fingerprint density at radius 1 is 0.350 bits per heavy atom. The summed E-state index contributed by atoms with van der Waals surface area (Å²) in [4.78, 5) is 13.5. The fourth-order valence-corrected chi connectivity index (χ4v) is 14.6. The molecule has 0 saturated carbocycles. The Kier molecular flexibility index (Phi) is 59.9. The third kappa shape index (κ3) is 44.5. The van der Waals surface area contributed by atoms with Crippen LogP contribution in [0.1, 0.15) is 361 Å². The van der Waals surface area contributed by atoms with E-state index in [4.69, 9.17) is 28.4 Å². The number of hydrogen-bond donors (Lipinski definition) is 12. The molecule has 19 heteroatoms. The molecule has 1 amide bonds. The van der Waals surface area contributed by atoms with Crippen LogP contribution in [0, 0.1) is 0 Å². The van der Waals surface area contributed by atoms with Crippen LogP contribution in [0.3, 0.4) is 0 Å². The Hall–Kier alpha value is -1.99. The quantitative estimate of drug-likeness (QED) is 0.0199. The van der Waals surface area contributed by atoms with Gasteiger partial charge in [0.1, 0.15) is 73.2 Å². The zero-order chi connectivity index (χ0) is 74.6. The fraction of sp³-hybridized carbons (Fsp3) is 0.917. The van der Waals surface area contributed by atoms with Gasteiger partial charge in [0.05, 0.1) is 38.6 Å². The summed E-state index contributed by atoms with van der Waals surface area (Å²) >= 11 is 0. The van der Waals surface area contributed by atoms with Crippen LogP contribution in [-0.2, 0) is 33.2 Å². The number of carbonyl (C=O) groups excluding carboxylic acids is 1. The highest BCUT2D eigenvalue weighted by molar-refractivity contribution is 5.76. The minimum absolute atomic E-state index is 0.247. The molecule has 3 heterocycles. The van der Waals surface area contributed by atoms with Crippen molar-refractivity contribution in [2.24, 2.45) is 0 Å². The number of nitrogens with one attached hydrogen (secondary N) is 1. The topological polar surface area (TPSA) is 307 Å². The summed E-state index contributed by atoms with van der Waals surface area (Å²) in [7, 11) is 0. The number of allylic oxidation sites excluding steroid dienone is 5. The monoisotopic (exact) mass is 1470 g/mol. The number of unbranched alkanes of at least 4 members (excludes halogenated alkanes) is 49. The highest BCUT2D eigenvalue weighted by atomic mass is 16.8. The normalized spacial score (nSPS) is 26.2. The maximum absolute atomic E-state index is 13.5. The van der Waals surface area contributed by atoms with Gasteiger partial charge in [-0.3, -0.25) is 4.79 Å². The molecule has 3 rings (SSSR count). The van der Waals surface area contributed by atoms with E-state index < -0.39 is 124 Å². The van der Waals surface area contributed by atoms with E-state index in [-0.39, 0.29) is 18.9 Å². The van der Waals surface area contributed by atoms with Crippen molar-refractivity contribution in [1.29, 1.82) is 0 Å². The summed E-state index contributed by atoms with van der Waals surface area (Å²) in [6.45, 7) is 1.79. The molecule has 19 nitrogen and oxygen atoms in total. The van der Waals surface area contributed by atoms with Gasteiger partial charge in [-0.15, -0.1) is 0 Å². The van der Waals surface area contributed by atoms with Gasteiger partial charge in [0.15, 0.2) is 18.9 Å². The van der Waals surface area contributed by atoms with E-state index in [2.05, 4.69) is 43.5 Å². The predicted octanol–water partition coefficient (Wildman–Crippen LogP) is 15.1. The van der Waals surface area contributed by atoms with Crippen molar-refractivity contribution in [3.8, 4) is 0 Å². The second kappa shape index (κ2) is 64.8. The first-order chi connectivity index (χ1) is 50.3. The van der Waals surface area contributed by atoms with Crippen molar-refractivity contribution in [2.75, 3.05) is 26.4 Å². The number of carbonyl (C=O) groups is 1. The van der Waals surface area contributed by atoms with Crippen LogP contribution in [0.15, 0.2) is 36.5 Å². The average Bonchev–Trinajstić information content (AvgIpc) is 0.781. The summed E-state index contributed by atoms with van der Waals surface area (Å²) in [5.41, 5.74) is 0. The largest absolute Gasteiger partial charge is 0.394 e. The molecule has 0 aromatic rings. The third-order valence-electron chi connectivity index (χ3n) is 21.4. The lowest BCUT2D eigenvalue weighted by atomic mass is 9.96. The van der Waals surface area contributed by atoms with Crippen LogP contribution >= 0.6 is 0 Å². The molecule has 12 N–H and O–H groups in total. The van der Waals surface area contributed by atoms with Crippen molar-refractivity contribution in [1.82, 2.24) is 5.32 Å². The lowest BCUT2D eigenvalue weighted by Crippen LogP contribution is -2.66. The molecule has 0 aromatic heterocycles. The minimum Gasteiger partial charge on any atom is -0.394 e. The maximum Gasteiger partial charge on any atom is 0.220 e. The van der Waals surface area contributed by atoms with Crippen molar-refractivity contribution < 1.29 is 89.4 Å². The second-order valence-corrected chi connectivity index (χ2v) is 30.6. The van der Waals surface area contributed by atoms with Gasteiger partial charge in [0.2, 0.25) is 5.91 Å². The zero-order valence-electron chi connectivity index (χ0n) is 65.1. The molecule has 17 atom stereocenters. The fourth-order valence-electron chi connectivity index (χ4n) is 14.6. The van der Waals surface area contributed by atoms with Crippen molar-refractivity contribution in [3.05, 3.63) is 36.5 Å². The SMILES string of the molecule is CCCCCCC/C=C\C/C=C\CCCCCCCCCCCCCCCCCCCCCC(=O)NC(COC1OC(CO)C(OC2OC(CO)C(OC3OC(CO)C(O)C(O)C3O)C(O)C2O)C(O)C1O)C(O)/C=C/CCCCCCCCCCCCCCCCCCCCCCCCCCC. The zero-order valence-corrected chi connectivity index (χ0v) is 65.1. The predicted molar refractivity (Wildman–Crippen MR) is 411 cm³/mol. The average molecular weight is 1470 g/mol. The second-order valence-electron chi connectivity index (χ2n) is 30.6. The smallest absolute Gasteiger partial charge is 0.220 e. The van der Waals surface area contributed by atoms with Crippen molar-refractivity contribution in [3.63, 3.8) is 0 Å². The molecule has 0 radical (unpaired) electrons.